The molecule has 3 aromatic rings. The second-order valence-corrected chi connectivity index (χ2v) is 8.38. The van der Waals surface area contributed by atoms with Crippen LogP contribution >= 0.6 is 11.6 Å². The van der Waals surface area contributed by atoms with Crippen molar-refractivity contribution in [3.8, 4) is 11.5 Å². The molecule has 3 aromatic carbocycles. The molecule has 12 nitrogen and oxygen atoms in total. The van der Waals surface area contributed by atoms with Crippen LogP contribution in [-0.2, 0) is 10.1 Å². The van der Waals surface area contributed by atoms with E-state index < -0.39 is 36.2 Å². The van der Waals surface area contributed by atoms with Gasteiger partial charge in [0.2, 0.25) is 0 Å². The first-order valence-electron chi connectivity index (χ1n) is 9.10. The summed E-state index contributed by atoms with van der Waals surface area (Å²) in [4.78, 5) is 19.4. The molecule has 0 unspecified atom stereocenters. The van der Waals surface area contributed by atoms with Gasteiger partial charge in [0.1, 0.15) is 5.75 Å². The van der Waals surface area contributed by atoms with Crippen LogP contribution in [0.1, 0.15) is 11.1 Å². The molecule has 1 N–H and O–H groups in total. The van der Waals surface area contributed by atoms with E-state index in [-0.39, 0.29) is 22.1 Å². The minimum atomic E-state index is -4.79. The summed E-state index contributed by atoms with van der Waals surface area (Å²) in [5.74, 6) is -0.303. The molecule has 0 aliphatic rings. The van der Waals surface area contributed by atoms with Gasteiger partial charge in [-0.1, -0.05) is 23.7 Å². The largest absolute Gasteiger partial charge is 0.507 e. The van der Waals surface area contributed by atoms with Crippen LogP contribution in [0, 0.1) is 20.2 Å². The Bertz CT molecular complexity index is 1440. The molecule has 0 atom stereocenters. The standard InChI is InChI=1S/C20H13ClN4O8S/c21-15-5-7-19(14(9-15)12-23-22-11-13-3-1-2-4-18(13)26)33-34(31,32)20-8-6-16(24(27)28)10-17(20)25(29)30/h1-12,26H/b22-11+,23-12+. The van der Waals surface area contributed by atoms with Crippen LogP contribution in [0.25, 0.3) is 0 Å². The van der Waals surface area contributed by atoms with E-state index in [2.05, 4.69) is 10.2 Å². The monoisotopic (exact) mass is 504 g/mol. The van der Waals surface area contributed by atoms with Gasteiger partial charge in [-0.2, -0.15) is 18.6 Å². The van der Waals surface area contributed by atoms with Gasteiger partial charge in [0.25, 0.3) is 11.4 Å². The van der Waals surface area contributed by atoms with Gasteiger partial charge in [0.05, 0.1) is 28.3 Å². The molecule has 0 fully saturated rings. The maximum Gasteiger partial charge on any atom is 0.346 e. The molecule has 0 aliphatic carbocycles. The first-order chi connectivity index (χ1) is 16.1. The van der Waals surface area contributed by atoms with E-state index in [1.807, 2.05) is 0 Å². The SMILES string of the molecule is O=[N+]([O-])c1ccc(S(=O)(=O)Oc2ccc(Cl)cc2/C=N/N=C/c2ccccc2O)c([N+](=O)[O-])c1. The topological polar surface area (TPSA) is 175 Å². The highest BCUT2D eigenvalue weighted by Gasteiger charge is 2.30. The number of halogens is 1. The molecular formula is C20H13ClN4O8S. The number of non-ortho nitro benzene ring substituents is 1. The maximum absolute atomic E-state index is 12.8. The van der Waals surface area contributed by atoms with Crippen molar-refractivity contribution in [3.05, 3.63) is 97.0 Å². The Labute approximate surface area is 196 Å². The minimum absolute atomic E-state index is 0.0241. The van der Waals surface area contributed by atoms with Crippen LogP contribution < -0.4 is 4.18 Å². The molecule has 34 heavy (non-hydrogen) atoms. The number of nitro benzene ring substituents is 2. The third-order valence-corrected chi connectivity index (χ3v) is 5.71. The summed E-state index contributed by atoms with van der Waals surface area (Å²) in [5, 5.41) is 39.7. The highest BCUT2D eigenvalue weighted by atomic mass is 35.5. The number of benzene rings is 3. The summed E-state index contributed by atoms with van der Waals surface area (Å²) >= 11 is 5.96. The number of nitrogens with zero attached hydrogens (tertiary/aromatic N) is 4. The minimum Gasteiger partial charge on any atom is -0.507 e. The highest BCUT2D eigenvalue weighted by Crippen LogP contribution is 2.32. The fourth-order valence-corrected chi connectivity index (χ4v) is 3.90. The summed E-state index contributed by atoms with van der Waals surface area (Å²) in [5.41, 5.74) is -1.23. The van der Waals surface area contributed by atoms with Crippen LogP contribution in [0.3, 0.4) is 0 Å². The predicted octanol–water partition coefficient (Wildman–Crippen LogP) is 4.08. The molecule has 174 valence electrons. The number of hydrogen-bond donors (Lipinski definition) is 1. The lowest BCUT2D eigenvalue weighted by molar-refractivity contribution is -0.396. The average Bonchev–Trinajstić information content (AvgIpc) is 2.78. The Morgan fingerprint density at radius 1 is 0.912 bits per heavy atom. The van der Waals surface area contributed by atoms with Crippen molar-refractivity contribution in [2.75, 3.05) is 0 Å². The summed E-state index contributed by atoms with van der Waals surface area (Å²) in [6.07, 6.45) is 2.38. The van der Waals surface area contributed by atoms with Crippen LogP contribution in [0.5, 0.6) is 11.5 Å². The van der Waals surface area contributed by atoms with Crippen molar-refractivity contribution >= 4 is 45.5 Å². The number of aromatic hydroxyl groups is 1. The van der Waals surface area contributed by atoms with Gasteiger partial charge in [-0.05, 0) is 36.4 Å². The Hall–Kier alpha value is -4.36. The van der Waals surface area contributed by atoms with Crippen molar-refractivity contribution < 1.29 is 27.6 Å². The fourth-order valence-electron chi connectivity index (χ4n) is 2.62. The molecule has 0 spiro atoms. The molecule has 0 amide bonds. The van der Waals surface area contributed by atoms with Crippen molar-refractivity contribution in [1.29, 1.82) is 0 Å². The number of phenols is 1. The first kappa shape index (κ1) is 24.3. The number of para-hydroxylation sites is 1. The molecule has 3 rings (SSSR count). The van der Waals surface area contributed by atoms with Crippen molar-refractivity contribution in [3.63, 3.8) is 0 Å². The first-order valence-corrected chi connectivity index (χ1v) is 10.9. The zero-order valence-corrected chi connectivity index (χ0v) is 18.4. The number of hydrogen-bond acceptors (Lipinski definition) is 10. The number of nitro groups is 2. The Balaban J connectivity index is 1.94. The molecule has 0 radical (unpaired) electrons. The lowest BCUT2D eigenvalue weighted by Gasteiger charge is -2.10. The van der Waals surface area contributed by atoms with Gasteiger partial charge < -0.3 is 9.29 Å². The highest BCUT2D eigenvalue weighted by molar-refractivity contribution is 7.87. The summed E-state index contributed by atoms with van der Waals surface area (Å²) in [6, 6.07) is 12.2. The van der Waals surface area contributed by atoms with Gasteiger partial charge in [-0.3, -0.25) is 20.2 Å². The molecular weight excluding hydrogens is 492 g/mol. The van der Waals surface area contributed by atoms with Crippen LogP contribution in [-0.4, -0.2) is 35.8 Å². The molecule has 14 heteroatoms. The number of rotatable bonds is 8. The van der Waals surface area contributed by atoms with E-state index in [0.717, 1.165) is 12.3 Å². The van der Waals surface area contributed by atoms with E-state index in [0.29, 0.717) is 17.7 Å². The van der Waals surface area contributed by atoms with Gasteiger partial charge in [-0.25, -0.2) is 0 Å². The van der Waals surface area contributed by atoms with Crippen molar-refractivity contribution in [1.82, 2.24) is 0 Å². The molecule has 0 bridgehead atoms. The second-order valence-electron chi connectivity index (χ2n) is 6.43. The number of phenolic OH excluding ortho intramolecular Hbond substituents is 1. The molecule has 0 heterocycles. The zero-order chi connectivity index (χ0) is 24.9. The van der Waals surface area contributed by atoms with E-state index in [9.17, 15) is 33.8 Å². The van der Waals surface area contributed by atoms with E-state index in [4.69, 9.17) is 15.8 Å². The molecule has 0 saturated heterocycles. The summed E-state index contributed by atoms with van der Waals surface area (Å²) < 4.78 is 30.6. The maximum atomic E-state index is 12.8. The van der Waals surface area contributed by atoms with Crippen LogP contribution in [0.2, 0.25) is 5.02 Å². The van der Waals surface area contributed by atoms with Crippen LogP contribution in [0.15, 0.2) is 75.8 Å². The normalized spacial score (nSPS) is 11.7. The van der Waals surface area contributed by atoms with Gasteiger partial charge >= 0.3 is 10.1 Å². The third kappa shape index (κ3) is 5.70. The second kappa shape index (κ2) is 10.1. The van der Waals surface area contributed by atoms with Crippen LogP contribution in [0.4, 0.5) is 11.4 Å². The lowest BCUT2D eigenvalue weighted by Crippen LogP contribution is -2.13. The van der Waals surface area contributed by atoms with Crippen molar-refractivity contribution in [2.45, 2.75) is 4.90 Å². The summed E-state index contributed by atoms with van der Waals surface area (Å²) in [6.45, 7) is 0. The average molecular weight is 505 g/mol. The Morgan fingerprint density at radius 3 is 2.24 bits per heavy atom. The van der Waals surface area contributed by atoms with E-state index in [1.165, 1.54) is 30.5 Å². The Morgan fingerprint density at radius 2 is 1.59 bits per heavy atom. The smallest absolute Gasteiger partial charge is 0.346 e. The third-order valence-electron chi connectivity index (χ3n) is 4.19. The van der Waals surface area contributed by atoms with Gasteiger partial charge in [0.15, 0.2) is 10.6 Å². The van der Waals surface area contributed by atoms with E-state index >= 15 is 0 Å². The zero-order valence-electron chi connectivity index (χ0n) is 16.8. The molecule has 0 saturated carbocycles. The lowest BCUT2D eigenvalue weighted by atomic mass is 10.2. The fraction of sp³-hybridized carbons (Fsp3) is 0. The molecule has 0 aliphatic heterocycles. The van der Waals surface area contributed by atoms with Gasteiger partial charge in [0, 0.05) is 22.2 Å². The Kier molecular flexibility index (Phi) is 7.18. The quantitative estimate of drug-likeness (QED) is 0.206. The predicted molar refractivity (Wildman–Crippen MR) is 122 cm³/mol. The summed E-state index contributed by atoms with van der Waals surface area (Å²) in [7, 11) is -4.79. The van der Waals surface area contributed by atoms with Gasteiger partial charge in [-0.15, -0.1) is 0 Å². The molecule has 0 aromatic heterocycles. The van der Waals surface area contributed by atoms with Crippen molar-refractivity contribution in [2.24, 2.45) is 10.2 Å². The van der Waals surface area contributed by atoms with E-state index in [1.54, 1.807) is 18.2 Å².